The van der Waals surface area contributed by atoms with Gasteiger partial charge in [-0.25, -0.2) is 18.1 Å². The Kier molecular flexibility index (Phi) is 5.95. The fraction of sp³-hybridized carbons (Fsp3) is 0.500. The molecule has 0 radical (unpaired) electrons. The zero-order chi connectivity index (χ0) is 17.7. The Labute approximate surface area is 143 Å². The smallest absolute Gasteiger partial charge is 0.242 e. The molecule has 0 saturated carbocycles. The number of nitrogens with one attached hydrogen (secondary N) is 1. The highest BCUT2D eigenvalue weighted by Crippen LogP contribution is 2.16. The van der Waals surface area contributed by atoms with Gasteiger partial charge in [-0.3, -0.25) is 4.68 Å². The van der Waals surface area contributed by atoms with Gasteiger partial charge in [0.25, 0.3) is 0 Å². The van der Waals surface area contributed by atoms with E-state index >= 15 is 0 Å². The Balaban J connectivity index is 2.06. The van der Waals surface area contributed by atoms with Crippen molar-refractivity contribution in [1.29, 1.82) is 0 Å². The van der Waals surface area contributed by atoms with Gasteiger partial charge >= 0.3 is 0 Å². The molecular weight excluding hydrogens is 326 g/mol. The Hall–Kier alpha value is -1.93. The number of rotatable bonds is 8. The number of hydrogen-bond donors (Lipinski definition) is 1. The van der Waals surface area contributed by atoms with E-state index in [-0.39, 0.29) is 10.9 Å². The maximum Gasteiger partial charge on any atom is 0.242 e. The molecule has 2 heterocycles. The topological polar surface area (TPSA) is 80.1 Å². The molecule has 2 rings (SSSR count). The molecule has 132 valence electrons. The van der Waals surface area contributed by atoms with Gasteiger partial charge in [-0.15, -0.1) is 0 Å². The molecule has 1 atom stereocenters. The quantitative estimate of drug-likeness (QED) is 0.786. The zero-order valence-corrected chi connectivity index (χ0v) is 15.4. The van der Waals surface area contributed by atoms with E-state index in [0.29, 0.717) is 12.4 Å². The Bertz CT molecular complexity index is 755. The van der Waals surface area contributed by atoms with E-state index in [9.17, 15) is 8.42 Å². The lowest BCUT2D eigenvalue weighted by atomic mass is 10.2. The SMILES string of the molecule is CCCC(C)NS(=O)(=O)c1ccc(N(C)Cc2cnn(C)c2)nc1. The van der Waals surface area contributed by atoms with Crippen molar-refractivity contribution in [2.45, 2.75) is 44.2 Å². The first-order valence-corrected chi connectivity index (χ1v) is 9.47. The van der Waals surface area contributed by atoms with Gasteiger partial charge in [0.1, 0.15) is 10.7 Å². The molecule has 8 heteroatoms. The van der Waals surface area contributed by atoms with Crippen LogP contribution in [-0.4, -0.2) is 36.3 Å². The normalized spacial score (nSPS) is 13.0. The van der Waals surface area contributed by atoms with Crippen LogP contribution in [0.15, 0.2) is 35.6 Å². The van der Waals surface area contributed by atoms with Crippen LogP contribution in [0.4, 0.5) is 5.82 Å². The largest absolute Gasteiger partial charge is 0.355 e. The predicted octanol–water partition coefficient (Wildman–Crippen LogP) is 1.92. The molecule has 0 saturated heterocycles. The van der Waals surface area contributed by atoms with Crippen LogP contribution in [-0.2, 0) is 23.6 Å². The molecule has 0 aliphatic rings. The van der Waals surface area contributed by atoms with Gasteiger partial charge in [-0.2, -0.15) is 5.10 Å². The minimum Gasteiger partial charge on any atom is -0.355 e. The predicted molar refractivity (Wildman–Crippen MR) is 94.2 cm³/mol. The fourth-order valence-corrected chi connectivity index (χ4v) is 3.71. The van der Waals surface area contributed by atoms with Crippen LogP contribution in [0.3, 0.4) is 0 Å². The van der Waals surface area contributed by atoms with Crippen LogP contribution in [0.5, 0.6) is 0 Å². The van der Waals surface area contributed by atoms with Crippen molar-refractivity contribution in [3.8, 4) is 0 Å². The van der Waals surface area contributed by atoms with Crippen molar-refractivity contribution in [1.82, 2.24) is 19.5 Å². The van der Waals surface area contributed by atoms with Crippen LogP contribution >= 0.6 is 0 Å². The monoisotopic (exact) mass is 351 g/mol. The summed E-state index contributed by atoms with van der Waals surface area (Å²) in [4.78, 5) is 6.41. The number of hydrogen-bond acceptors (Lipinski definition) is 5. The highest BCUT2D eigenvalue weighted by Gasteiger charge is 2.17. The molecule has 2 aromatic heterocycles. The van der Waals surface area contributed by atoms with Gasteiger partial charge in [0.05, 0.1) is 6.20 Å². The van der Waals surface area contributed by atoms with Crippen molar-refractivity contribution >= 4 is 15.8 Å². The van der Waals surface area contributed by atoms with Crippen LogP contribution in [0.1, 0.15) is 32.3 Å². The van der Waals surface area contributed by atoms with Crippen LogP contribution in [0.25, 0.3) is 0 Å². The van der Waals surface area contributed by atoms with Gasteiger partial charge < -0.3 is 4.90 Å². The molecule has 24 heavy (non-hydrogen) atoms. The lowest BCUT2D eigenvalue weighted by molar-refractivity contribution is 0.543. The van der Waals surface area contributed by atoms with Crippen molar-refractivity contribution in [3.63, 3.8) is 0 Å². The Morgan fingerprint density at radius 3 is 2.62 bits per heavy atom. The first-order chi connectivity index (χ1) is 11.3. The standard InChI is InChI=1S/C16H25N5O2S/c1-5-6-13(2)19-24(22,23)15-7-8-16(17-10-15)20(3)11-14-9-18-21(4)12-14/h7-10,12-13,19H,5-6,11H2,1-4H3. The summed E-state index contributed by atoms with van der Waals surface area (Å²) in [6.45, 7) is 4.54. The molecule has 2 aromatic rings. The summed E-state index contributed by atoms with van der Waals surface area (Å²) in [5, 5.41) is 4.13. The number of aryl methyl sites for hydroxylation is 1. The molecule has 7 nitrogen and oxygen atoms in total. The lowest BCUT2D eigenvalue weighted by Crippen LogP contribution is -2.32. The van der Waals surface area contributed by atoms with E-state index in [1.807, 2.05) is 39.0 Å². The maximum absolute atomic E-state index is 12.3. The second kappa shape index (κ2) is 7.76. The average molecular weight is 351 g/mol. The lowest BCUT2D eigenvalue weighted by Gasteiger charge is -2.18. The van der Waals surface area contributed by atoms with Gasteiger partial charge in [0.15, 0.2) is 0 Å². The molecule has 0 aliphatic carbocycles. The molecule has 0 aromatic carbocycles. The molecule has 0 fully saturated rings. The van der Waals surface area contributed by atoms with E-state index in [2.05, 4.69) is 14.8 Å². The second-order valence-corrected chi connectivity index (χ2v) is 7.76. The van der Waals surface area contributed by atoms with E-state index in [0.717, 1.165) is 18.4 Å². The van der Waals surface area contributed by atoms with E-state index in [1.54, 1.807) is 23.0 Å². The van der Waals surface area contributed by atoms with Gasteiger partial charge in [0.2, 0.25) is 10.0 Å². The van der Waals surface area contributed by atoms with Crippen LogP contribution in [0.2, 0.25) is 0 Å². The Morgan fingerprint density at radius 2 is 2.08 bits per heavy atom. The van der Waals surface area contributed by atoms with Crippen molar-refractivity contribution < 1.29 is 8.42 Å². The highest BCUT2D eigenvalue weighted by atomic mass is 32.2. The van der Waals surface area contributed by atoms with Gasteiger partial charge in [-0.05, 0) is 25.5 Å². The fourth-order valence-electron chi connectivity index (χ4n) is 2.49. The Morgan fingerprint density at radius 1 is 1.33 bits per heavy atom. The summed E-state index contributed by atoms with van der Waals surface area (Å²) in [6.07, 6.45) is 6.87. The summed E-state index contributed by atoms with van der Waals surface area (Å²) in [5.41, 5.74) is 1.06. The highest BCUT2D eigenvalue weighted by molar-refractivity contribution is 7.89. The first-order valence-electron chi connectivity index (χ1n) is 7.99. The summed E-state index contributed by atoms with van der Waals surface area (Å²) < 4.78 is 29.1. The molecule has 1 N–H and O–H groups in total. The van der Waals surface area contributed by atoms with E-state index in [4.69, 9.17) is 0 Å². The minimum absolute atomic E-state index is 0.0899. The number of nitrogens with zero attached hydrogens (tertiary/aromatic N) is 4. The van der Waals surface area contributed by atoms with Gasteiger partial charge in [-0.1, -0.05) is 13.3 Å². The third-order valence-electron chi connectivity index (χ3n) is 3.68. The van der Waals surface area contributed by atoms with Crippen molar-refractivity contribution in [2.75, 3.05) is 11.9 Å². The van der Waals surface area contributed by atoms with Gasteiger partial charge in [0, 0.05) is 44.6 Å². The summed E-state index contributed by atoms with van der Waals surface area (Å²) in [5.74, 6) is 0.708. The molecule has 0 bridgehead atoms. The molecular formula is C16H25N5O2S. The molecule has 0 amide bonds. The second-order valence-electron chi connectivity index (χ2n) is 6.04. The number of aromatic nitrogens is 3. The number of sulfonamides is 1. The maximum atomic E-state index is 12.3. The minimum atomic E-state index is -3.52. The first kappa shape index (κ1) is 18.4. The van der Waals surface area contributed by atoms with Crippen LogP contribution < -0.4 is 9.62 Å². The van der Waals surface area contributed by atoms with E-state index < -0.39 is 10.0 Å². The third-order valence-corrected chi connectivity index (χ3v) is 5.25. The average Bonchev–Trinajstić information content (AvgIpc) is 2.92. The molecule has 1 unspecified atom stereocenters. The summed E-state index contributed by atoms with van der Waals surface area (Å²) in [7, 11) is 0.253. The van der Waals surface area contributed by atoms with E-state index in [1.165, 1.54) is 6.20 Å². The zero-order valence-electron chi connectivity index (χ0n) is 14.6. The molecule has 0 aliphatic heterocycles. The van der Waals surface area contributed by atoms with Crippen molar-refractivity contribution in [3.05, 3.63) is 36.3 Å². The van der Waals surface area contributed by atoms with Crippen molar-refractivity contribution in [2.24, 2.45) is 7.05 Å². The summed E-state index contributed by atoms with van der Waals surface area (Å²) >= 11 is 0. The van der Waals surface area contributed by atoms with Crippen LogP contribution in [0, 0.1) is 0 Å². The number of pyridine rings is 1. The molecule has 0 spiro atoms. The third kappa shape index (κ3) is 4.78. The summed E-state index contributed by atoms with van der Waals surface area (Å²) in [6, 6.07) is 3.21. The number of anilines is 1.